The Balaban J connectivity index is 0.00000304. The van der Waals surface area contributed by atoms with E-state index in [0.29, 0.717) is 30.3 Å². The summed E-state index contributed by atoms with van der Waals surface area (Å²) in [6.45, 7) is 5.15. The van der Waals surface area contributed by atoms with Crippen LogP contribution in [0.3, 0.4) is 0 Å². The average molecular weight is 512 g/mol. The molecule has 0 aliphatic carbocycles. The number of ether oxygens (including phenoxy) is 2. The van der Waals surface area contributed by atoms with Crippen LogP contribution in [0.1, 0.15) is 16.7 Å². The Morgan fingerprint density at radius 1 is 0.889 bits per heavy atom. The molecule has 0 saturated carbocycles. The van der Waals surface area contributed by atoms with Crippen molar-refractivity contribution >= 4 is 24.2 Å². The summed E-state index contributed by atoms with van der Waals surface area (Å²) in [5, 5.41) is 0. The zero-order chi connectivity index (χ0) is 24.2. The van der Waals surface area contributed by atoms with Crippen molar-refractivity contribution in [3.63, 3.8) is 0 Å². The highest BCUT2D eigenvalue weighted by atomic mass is 35.5. The van der Waals surface area contributed by atoms with Gasteiger partial charge in [0.15, 0.2) is 11.5 Å². The lowest BCUT2D eigenvalue weighted by Crippen LogP contribution is -2.46. The first-order chi connectivity index (χ1) is 17.1. The van der Waals surface area contributed by atoms with Crippen molar-refractivity contribution < 1.29 is 18.7 Å². The van der Waals surface area contributed by atoms with Gasteiger partial charge in [0.25, 0.3) is 0 Å². The molecule has 0 spiro atoms. The third-order valence-electron chi connectivity index (χ3n) is 6.79. The molecule has 2 heterocycles. The van der Waals surface area contributed by atoms with Gasteiger partial charge in [0.05, 0.1) is 12.8 Å². The lowest BCUT2D eigenvalue weighted by molar-refractivity contribution is 0.145. The van der Waals surface area contributed by atoms with E-state index in [1.165, 1.54) is 11.6 Å². The van der Waals surface area contributed by atoms with Gasteiger partial charge in [0, 0.05) is 45.8 Å². The van der Waals surface area contributed by atoms with E-state index in [2.05, 4.69) is 21.9 Å². The van der Waals surface area contributed by atoms with Gasteiger partial charge < -0.3 is 19.3 Å². The number of fused-ring (bicyclic) bond motifs is 1. The molecule has 3 aromatic carbocycles. The number of carbonyl (C=O) groups is 1. The summed E-state index contributed by atoms with van der Waals surface area (Å²) in [6, 6.07) is 20.8. The molecule has 2 aliphatic rings. The van der Waals surface area contributed by atoms with Crippen molar-refractivity contribution in [2.75, 3.05) is 44.7 Å². The van der Waals surface area contributed by atoms with E-state index in [-0.39, 0.29) is 24.3 Å². The number of halogens is 2. The van der Waals surface area contributed by atoms with Gasteiger partial charge in [-0.1, -0.05) is 42.5 Å². The van der Waals surface area contributed by atoms with Crippen LogP contribution in [0.4, 0.5) is 14.9 Å². The average Bonchev–Trinajstić information content (AvgIpc) is 2.90. The van der Waals surface area contributed by atoms with Gasteiger partial charge in [0.1, 0.15) is 5.82 Å². The first kappa shape index (κ1) is 25.8. The van der Waals surface area contributed by atoms with E-state index in [0.717, 1.165) is 50.3 Å². The molecule has 0 atom stereocenters. The highest BCUT2D eigenvalue weighted by Crippen LogP contribution is 2.30. The van der Waals surface area contributed by atoms with Gasteiger partial charge in [-0.3, -0.25) is 4.90 Å². The second kappa shape index (κ2) is 11.6. The van der Waals surface area contributed by atoms with Gasteiger partial charge in [-0.05, 0) is 47.4 Å². The summed E-state index contributed by atoms with van der Waals surface area (Å²) in [5.74, 6) is 0.785. The van der Waals surface area contributed by atoms with Crippen molar-refractivity contribution in [2.45, 2.75) is 19.5 Å². The van der Waals surface area contributed by atoms with E-state index >= 15 is 0 Å². The monoisotopic (exact) mass is 511 g/mol. The van der Waals surface area contributed by atoms with Gasteiger partial charge in [-0.15, -0.1) is 12.4 Å². The topological polar surface area (TPSA) is 45.3 Å². The highest BCUT2D eigenvalue weighted by molar-refractivity contribution is 5.85. The van der Waals surface area contributed by atoms with E-state index in [9.17, 15) is 9.18 Å². The molecule has 1 fully saturated rings. The fourth-order valence-electron chi connectivity index (χ4n) is 4.82. The van der Waals surface area contributed by atoms with Crippen LogP contribution in [0, 0.1) is 5.82 Å². The molecule has 36 heavy (non-hydrogen) atoms. The smallest absolute Gasteiger partial charge is 0.415 e. The minimum Gasteiger partial charge on any atom is -0.493 e. The zero-order valence-corrected chi connectivity index (χ0v) is 21.2. The largest absolute Gasteiger partial charge is 0.493 e. The molecule has 8 heteroatoms. The van der Waals surface area contributed by atoms with E-state index < -0.39 is 0 Å². The zero-order valence-electron chi connectivity index (χ0n) is 20.4. The fraction of sp³-hybridized carbons (Fsp3) is 0.321. The summed E-state index contributed by atoms with van der Waals surface area (Å²) in [6.07, 6.45) is 0.459. The van der Waals surface area contributed by atoms with Crippen LogP contribution in [-0.2, 0) is 19.5 Å². The Morgan fingerprint density at radius 2 is 1.61 bits per heavy atom. The molecule has 1 saturated heterocycles. The molecule has 5 rings (SSSR count). The predicted molar refractivity (Wildman–Crippen MR) is 141 cm³/mol. The Kier molecular flexibility index (Phi) is 8.33. The van der Waals surface area contributed by atoms with Crippen LogP contribution in [0.5, 0.6) is 11.5 Å². The number of amides is 1. The Hall–Kier alpha value is -3.29. The predicted octanol–water partition coefficient (Wildman–Crippen LogP) is 5.14. The molecule has 0 N–H and O–H groups in total. The summed E-state index contributed by atoms with van der Waals surface area (Å²) >= 11 is 0. The molecule has 0 unspecified atom stereocenters. The number of piperazine rings is 1. The highest BCUT2D eigenvalue weighted by Gasteiger charge is 2.24. The molecule has 0 radical (unpaired) electrons. The molecular formula is C28H31ClFN3O3. The number of methoxy groups -OCH3 is 1. The van der Waals surface area contributed by atoms with Crippen LogP contribution in [-0.4, -0.2) is 55.7 Å². The second-order valence-corrected chi connectivity index (χ2v) is 9.01. The number of benzene rings is 3. The maximum absolute atomic E-state index is 14.1. The normalized spacial score (nSPS) is 15.6. The third-order valence-corrected chi connectivity index (χ3v) is 6.79. The summed E-state index contributed by atoms with van der Waals surface area (Å²) in [5.41, 5.74) is 4.19. The number of nitrogens with zero attached hydrogens (tertiary/aromatic N) is 3. The van der Waals surface area contributed by atoms with Gasteiger partial charge in [0.2, 0.25) is 0 Å². The van der Waals surface area contributed by atoms with Gasteiger partial charge in [-0.2, -0.15) is 0 Å². The number of anilines is 1. The van der Waals surface area contributed by atoms with Gasteiger partial charge >= 0.3 is 6.09 Å². The summed E-state index contributed by atoms with van der Waals surface area (Å²) in [4.78, 5) is 19.0. The first-order valence-corrected chi connectivity index (χ1v) is 12.0. The van der Waals surface area contributed by atoms with Crippen molar-refractivity contribution in [1.82, 2.24) is 9.80 Å². The van der Waals surface area contributed by atoms with Crippen molar-refractivity contribution in [1.29, 1.82) is 0 Å². The number of hydrogen-bond donors (Lipinski definition) is 0. The minimum absolute atomic E-state index is 0. The molecule has 0 bridgehead atoms. The van der Waals surface area contributed by atoms with E-state index in [1.54, 1.807) is 24.1 Å². The SMILES string of the molecule is COc1cc(CN2CCN(c3ccccc3F)CC2)ccc1OC(=O)N1CCc2ccccc2C1.Cl. The van der Waals surface area contributed by atoms with Crippen molar-refractivity contribution in [3.05, 3.63) is 89.2 Å². The maximum Gasteiger partial charge on any atom is 0.415 e. The van der Waals surface area contributed by atoms with Crippen LogP contribution < -0.4 is 14.4 Å². The number of rotatable bonds is 5. The van der Waals surface area contributed by atoms with E-state index in [1.807, 2.05) is 36.4 Å². The standard InChI is InChI=1S/C28H30FN3O3.ClH/c1-34-27-18-21(19-30-14-16-31(17-15-30)25-9-5-4-8-24(25)29)10-11-26(27)35-28(33)32-13-12-22-6-2-3-7-23(22)20-32;/h2-11,18H,12-17,19-20H2,1H3;1H. The van der Waals surface area contributed by atoms with Crippen LogP contribution in [0.25, 0.3) is 0 Å². The molecular weight excluding hydrogens is 481 g/mol. The van der Waals surface area contributed by atoms with Crippen molar-refractivity contribution in [3.8, 4) is 11.5 Å². The third kappa shape index (κ3) is 5.74. The molecule has 190 valence electrons. The van der Waals surface area contributed by atoms with Crippen LogP contribution in [0.15, 0.2) is 66.7 Å². The van der Waals surface area contributed by atoms with Crippen LogP contribution >= 0.6 is 12.4 Å². The molecule has 1 amide bonds. The molecule has 2 aliphatic heterocycles. The summed E-state index contributed by atoms with van der Waals surface area (Å²) in [7, 11) is 1.58. The first-order valence-electron chi connectivity index (χ1n) is 12.0. The number of para-hydroxylation sites is 1. The lowest BCUT2D eigenvalue weighted by atomic mass is 10.0. The minimum atomic E-state index is -0.366. The number of carbonyl (C=O) groups excluding carboxylic acids is 1. The second-order valence-electron chi connectivity index (χ2n) is 9.01. The van der Waals surface area contributed by atoms with Crippen LogP contribution in [0.2, 0.25) is 0 Å². The number of hydrogen-bond acceptors (Lipinski definition) is 5. The van der Waals surface area contributed by atoms with E-state index in [4.69, 9.17) is 9.47 Å². The summed E-state index contributed by atoms with van der Waals surface area (Å²) < 4.78 is 25.4. The maximum atomic E-state index is 14.1. The lowest BCUT2D eigenvalue weighted by Gasteiger charge is -2.36. The Morgan fingerprint density at radius 3 is 2.36 bits per heavy atom. The molecule has 3 aromatic rings. The quantitative estimate of drug-likeness (QED) is 0.475. The Labute approximate surface area is 217 Å². The fourth-order valence-corrected chi connectivity index (χ4v) is 4.82. The molecule has 6 nitrogen and oxygen atoms in total. The Bertz CT molecular complexity index is 1200. The molecule has 0 aromatic heterocycles. The van der Waals surface area contributed by atoms with Crippen molar-refractivity contribution in [2.24, 2.45) is 0 Å². The van der Waals surface area contributed by atoms with Gasteiger partial charge in [-0.25, -0.2) is 9.18 Å².